The molecule has 2 nitrogen and oxygen atoms in total. The Kier molecular flexibility index (Phi) is 2.39. The van der Waals surface area contributed by atoms with Gasteiger partial charge in [0, 0.05) is 4.43 Å². The Morgan fingerprint density at radius 3 is 3.17 bits per heavy atom. The minimum atomic E-state index is -0.705. The number of hydrogen-bond donors (Lipinski definition) is 1. The fourth-order valence-corrected chi connectivity index (χ4v) is 1.84. The number of halogens is 1. The zero-order chi connectivity index (χ0) is 8.55. The lowest BCUT2D eigenvalue weighted by molar-refractivity contribution is 0.275. The molecule has 1 aliphatic heterocycles. The van der Waals surface area contributed by atoms with Gasteiger partial charge in [0.15, 0.2) is 0 Å². The molecule has 0 unspecified atom stereocenters. The number of fused-ring (bicyclic) bond motifs is 1. The summed E-state index contributed by atoms with van der Waals surface area (Å²) in [6.07, 6.45) is 0. The lowest BCUT2D eigenvalue weighted by Gasteiger charge is -1.99. The molecule has 0 radical (unpaired) electrons. The quantitative estimate of drug-likeness (QED) is 0.467. The smallest absolute Gasteiger partial charge is 0.423 e. The monoisotopic (exact) mass is 274 g/mol. The van der Waals surface area contributed by atoms with Gasteiger partial charge < -0.3 is 9.68 Å². The van der Waals surface area contributed by atoms with Crippen LogP contribution in [0.3, 0.4) is 0 Å². The molecule has 0 bridgehead atoms. The van der Waals surface area contributed by atoms with Crippen LogP contribution in [0.4, 0.5) is 0 Å². The summed E-state index contributed by atoms with van der Waals surface area (Å²) >= 11 is 2.32. The van der Waals surface area contributed by atoms with Gasteiger partial charge in [-0.05, 0) is 16.6 Å². The van der Waals surface area contributed by atoms with Crippen LogP contribution in [0.5, 0.6) is 0 Å². The highest BCUT2D eigenvalue weighted by atomic mass is 127. The molecular weight excluding hydrogens is 266 g/mol. The largest absolute Gasteiger partial charge is 0.491 e. The van der Waals surface area contributed by atoms with Gasteiger partial charge in [-0.3, -0.25) is 0 Å². The first-order valence-corrected chi connectivity index (χ1v) is 5.31. The van der Waals surface area contributed by atoms with E-state index in [0.29, 0.717) is 6.61 Å². The zero-order valence-electron chi connectivity index (χ0n) is 6.46. The standard InChI is InChI=1S/C8H8BIO2/c10-4-6-1-2-8-7(3-6)5-12-9(8)11/h1-3,11H,4-5H2. The van der Waals surface area contributed by atoms with Crippen molar-refractivity contribution < 1.29 is 9.68 Å². The summed E-state index contributed by atoms with van der Waals surface area (Å²) in [5, 5.41) is 9.32. The van der Waals surface area contributed by atoms with Gasteiger partial charge in [0.1, 0.15) is 0 Å². The highest BCUT2D eigenvalue weighted by Gasteiger charge is 2.26. The molecule has 1 aromatic rings. The van der Waals surface area contributed by atoms with E-state index in [1.54, 1.807) is 0 Å². The van der Waals surface area contributed by atoms with Crippen molar-refractivity contribution >= 4 is 35.2 Å². The number of rotatable bonds is 1. The molecule has 0 amide bonds. The van der Waals surface area contributed by atoms with Crippen molar-refractivity contribution in [3.8, 4) is 0 Å². The average molecular weight is 274 g/mol. The van der Waals surface area contributed by atoms with Crippen molar-refractivity contribution in [2.75, 3.05) is 0 Å². The van der Waals surface area contributed by atoms with E-state index >= 15 is 0 Å². The summed E-state index contributed by atoms with van der Waals surface area (Å²) in [6.45, 7) is 0.543. The first-order valence-electron chi connectivity index (χ1n) is 3.78. The SMILES string of the molecule is OB1OCc2cc(CI)ccc21. The third kappa shape index (κ3) is 1.38. The summed E-state index contributed by atoms with van der Waals surface area (Å²) in [5.74, 6) is 0. The molecule has 0 fully saturated rings. The van der Waals surface area contributed by atoms with E-state index < -0.39 is 7.12 Å². The second kappa shape index (κ2) is 3.36. The maximum Gasteiger partial charge on any atom is 0.491 e. The van der Waals surface area contributed by atoms with Crippen molar-refractivity contribution in [2.24, 2.45) is 0 Å². The van der Waals surface area contributed by atoms with Gasteiger partial charge in [-0.25, -0.2) is 0 Å². The van der Waals surface area contributed by atoms with Gasteiger partial charge in [0.05, 0.1) is 6.61 Å². The van der Waals surface area contributed by atoms with E-state index in [9.17, 15) is 5.02 Å². The summed E-state index contributed by atoms with van der Waals surface area (Å²) in [4.78, 5) is 0. The molecule has 0 spiro atoms. The lowest BCUT2D eigenvalue weighted by atomic mass is 9.79. The minimum Gasteiger partial charge on any atom is -0.423 e. The number of benzene rings is 1. The summed E-state index contributed by atoms with van der Waals surface area (Å²) < 4.78 is 6.08. The second-order valence-electron chi connectivity index (χ2n) is 2.83. The van der Waals surface area contributed by atoms with Gasteiger partial charge >= 0.3 is 7.12 Å². The average Bonchev–Trinajstić information content (AvgIpc) is 2.47. The van der Waals surface area contributed by atoms with Crippen molar-refractivity contribution in [3.63, 3.8) is 0 Å². The van der Waals surface area contributed by atoms with Gasteiger partial charge in [-0.1, -0.05) is 40.8 Å². The highest BCUT2D eigenvalue weighted by Crippen LogP contribution is 2.13. The van der Waals surface area contributed by atoms with E-state index in [1.807, 2.05) is 12.1 Å². The van der Waals surface area contributed by atoms with Crippen LogP contribution in [0.2, 0.25) is 0 Å². The molecule has 0 saturated carbocycles. The zero-order valence-corrected chi connectivity index (χ0v) is 8.61. The van der Waals surface area contributed by atoms with E-state index in [0.717, 1.165) is 15.5 Å². The molecule has 1 heterocycles. The van der Waals surface area contributed by atoms with Gasteiger partial charge in [0.2, 0.25) is 0 Å². The predicted octanol–water partition coefficient (Wildman–Crippen LogP) is 0.839. The normalized spacial score (nSPS) is 15.0. The molecular formula is C8H8BIO2. The van der Waals surface area contributed by atoms with E-state index in [-0.39, 0.29) is 0 Å². The van der Waals surface area contributed by atoms with Gasteiger partial charge in [-0.15, -0.1) is 0 Å². The van der Waals surface area contributed by atoms with Crippen LogP contribution in [-0.4, -0.2) is 12.1 Å². The topological polar surface area (TPSA) is 29.5 Å². The Balaban J connectivity index is 2.41. The first kappa shape index (κ1) is 8.53. The van der Waals surface area contributed by atoms with Crippen LogP contribution < -0.4 is 5.46 Å². The van der Waals surface area contributed by atoms with E-state index in [2.05, 4.69) is 28.7 Å². The third-order valence-electron chi connectivity index (χ3n) is 2.02. The molecule has 0 aromatic heterocycles. The van der Waals surface area contributed by atoms with Crippen molar-refractivity contribution in [2.45, 2.75) is 11.0 Å². The molecule has 0 saturated heterocycles. The second-order valence-corrected chi connectivity index (χ2v) is 3.59. The van der Waals surface area contributed by atoms with Crippen LogP contribution in [0.15, 0.2) is 18.2 Å². The molecule has 1 aliphatic rings. The van der Waals surface area contributed by atoms with Crippen LogP contribution in [0.1, 0.15) is 11.1 Å². The predicted molar refractivity (Wildman–Crippen MR) is 56.6 cm³/mol. The van der Waals surface area contributed by atoms with E-state index in [1.165, 1.54) is 5.56 Å². The summed E-state index contributed by atoms with van der Waals surface area (Å²) in [6, 6.07) is 6.07. The maximum absolute atomic E-state index is 9.32. The highest BCUT2D eigenvalue weighted by molar-refractivity contribution is 14.1. The van der Waals surface area contributed by atoms with Gasteiger partial charge in [-0.2, -0.15) is 0 Å². The molecule has 0 atom stereocenters. The first-order chi connectivity index (χ1) is 5.81. The molecule has 4 heteroatoms. The molecule has 62 valence electrons. The summed E-state index contributed by atoms with van der Waals surface area (Å²) in [7, 11) is -0.705. The Morgan fingerprint density at radius 2 is 2.42 bits per heavy atom. The van der Waals surface area contributed by atoms with Gasteiger partial charge in [0.25, 0.3) is 0 Å². The molecule has 1 N–H and O–H groups in total. The van der Waals surface area contributed by atoms with Crippen LogP contribution in [0, 0.1) is 0 Å². The lowest BCUT2D eigenvalue weighted by Crippen LogP contribution is -2.27. The van der Waals surface area contributed by atoms with Crippen molar-refractivity contribution in [3.05, 3.63) is 29.3 Å². The molecule has 1 aromatic carbocycles. The van der Waals surface area contributed by atoms with Crippen LogP contribution in [-0.2, 0) is 15.7 Å². The molecule has 0 aliphatic carbocycles. The number of hydrogen-bond acceptors (Lipinski definition) is 2. The Bertz CT molecular complexity index is 303. The molecule has 2 rings (SSSR count). The Labute approximate surface area is 85.2 Å². The van der Waals surface area contributed by atoms with E-state index in [4.69, 9.17) is 4.65 Å². The van der Waals surface area contributed by atoms with Crippen molar-refractivity contribution in [1.82, 2.24) is 0 Å². The van der Waals surface area contributed by atoms with Crippen LogP contribution >= 0.6 is 22.6 Å². The number of alkyl halides is 1. The Hall–Kier alpha value is -0.0651. The maximum atomic E-state index is 9.32. The Morgan fingerprint density at radius 1 is 1.58 bits per heavy atom. The molecule has 12 heavy (non-hydrogen) atoms. The third-order valence-corrected chi connectivity index (χ3v) is 2.91. The summed E-state index contributed by atoms with van der Waals surface area (Å²) in [5.41, 5.74) is 3.33. The fraction of sp³-hybridized carbons (Fsp3) is 0.250. The van der Waals surface area contributed by atoms with Crippen molar-refractivity contribution in [1.29, 1.82) is 0 Å². The van der Waals surface area contributed by atoms with Crippen LogP contribution in [0.25, 0.3) is 0 Å². The minimum absolute atomic E-state index is 0.543. The fourth-order valence-electron chi connectivity index (χ4n) is 1.37.